The van der Waals surface area contributed by atoms with Crippen molar-refractivity contribution in [3.8, 4) is 0 Å². The van der Waals surface area contributed by atoms with Gasteiger partial charge in [0, 0.05) is 22.3 Å². The molecule has 0 fully saturated rings. The Labute approximate surface area is 77.7 Å². The number of nitrogens with zero attached hydrogens (tertiary/aromatic N) is 1. The zero-order chi connectivity index (χ0) is 9.30. The lowest BCUT2D eigenvalue weighted by atomic mass is 10.2. The van der Waals surface area contributed by atoms with Crippen molar-refractivity contribution in [3.63, 3.8) is 0 Å². The lowest BCUT2D eigenvalue weighted by Gasteiger charge is -2.01. The highest BCUT2D eigenvalue weighted by molar-refractivity contribution is 9.10. The Morgan fingerprint density at radius 1 is 1.58 bits per heavy atom. The Kier molecular flexibility index (Phi) is 2.32. The molecule has 0 saturated heterocycles. The zero-order valence-corrected chi connectivity index (χ0v) is 7.96. The van der Waals surface area contributed by atoms with E-state index in [0.717, 1.165) is 0 Å². The first kappa shape index (κ1) is 8.99. The summed E-state index contributed by atoms with van der Waals surface area (Å²) in [6, 6.07) is 2.84. The molecular formula is C7H7BrN2O2. The molecule has 0 saturated carbocycles. The van der Waals surface area contributed by atoms with Gasteiger partial charge in [0.2, 0.25) is 0 Å². The highest BCUT2D eigenvalue weighted by Gasteiger charge is 2.09. The summed E-state index contributed by atoms with van der Waals surface area (Å²) in [5.41, 5.74) is 6.88. The Bertz CT molecular complexity index is 315. The summed E-state index contributed by atoms with van der Waals surface area (Å²) in [4.78, 5) is 9.91. The first-order valence-electron chi connectivity index (χ1n) is 3.22. The number of aryl methyl sites for hydroxylation is 1. The van der Waals surface area contributed by atoms with Crippen LogP contribution >= 0.6 is 15.9 Å². The monoisotopic (exact) mass is 230 g/mol. The van der Waals surface area contributed by atoms with Crippen LogP contribution in [0.5, 0.6) is 0 Å². The van der Waals surface area contributed by atoms with Crippen molar-refractivity contribution in [1.29, 1.82) is 0 Å². The first-order valence-corrected chi connectivity index (χ1v) is 4.01. The number of nitro benzene ring substituents is 1. The van der Waals surface area contributed by atoms with Crippen LogP contribution in [0.2, 0.25) is 0 Å². The van der Waals surface area contributed by atoms with Gasteiger partial charge >= 0.3 is 0 Å². The number of benzene rings is 1. The van der Waals surface area contributed by atoms with Crippen LogP contribution in [-0.2, 0) is 0 Å². The molecule has 0 radical (unpaired) electrons. The zero-order valence-electron chi connectivity index (χ0n) is 6.37. The number of nitrogens with two attached hydrogens (primary N) is 1. The van der Waals surface area contributed by atoms with Crippen molar-refractivity contribution < 1.29 is 4.92 Å². The van der Waals surface area contributed by atoms with Crippen molar-refractivity contribution in [2.75, 3.05) is 5.73 Å². The first-order chi connectivity index (χ1) is 5.52. The van der Waals surface area contributed by atoms with Crippen molar-refractivity contribution in [2.45, 2.75) is 6.92 Å². The van der Waals surface area contributed by atoms with Gasteiger partial charge < -0.3 is 5.73 Å². The number of hydrogen-bond acceptors (Lipinski definition) is 3. The Morgan fingerprint density at radius 3 is 2.58 bits per heavy atom. The van der Waals surface area contributed by atoms with Crippen LogP contribution in [0.15, 0.2) is 16.6 Å². The van der Waals surface area contributed by atoms with E-state index in [1.165, 1.54) is 12.1 Å². The molecule has 1 aromatic carbocycles. The van der Waals surface area contributed by atoms with E-state index in [-0.39, 0.29) is 5.69 Å². The van der Waals surface area contributed by atoms with Crippen LogP contribution in [0.1, 0.15) is 5.56 Å². The van der Waals surface area contributed by atoms with Crippen LogP contribution in [0.3, 0.4) is 0 Å². The van der Waals surface area contributed by atoms with Crippen LogP contribution in [0.25, 0.3) is 0 Å². The van der Waals surface area contributed by atoms with Gasteiger partial charge in [-0.05, 0) is 28.4 Å². The van der Waals surface area contributed by atoms with E-state index in [1.807, 2.05) is 0 Å². The molecule has 0 aliphatic carbocycles. The van der Waals surface area contributed by atoms with E-state index in [9.17, 15) is 10.1 Å². The summed E-state index contributed by atoms with van der Waals surface area (Å²) in [6.07, 6.45) is 0. The Morgan fingerprint density at radius 2 is 2.17 bits per heavy atom. The number of anilines is 1. The highest BCUT2D eigenvalue weighted by Crippen LogP contribution is 2.28. The average molecular weight is 231 g/mol. The van der Waals surface area contributed by atoms with E-state index in [4.69, 9.17) is 5.73 Å². The molecule has 64 valence electrons. The summed E-state index contributed by atoms with van der Waals surface area (Å²) < 4.78 is 0.564. The molecule has 12 heavy (non-hydrogen) atoms. The van der Waals surface area contributed by atoms with Crippen molar-refractivity contribution in [1.82, 2.24) is 0 Å². The highest BCUT2D eigenvalue weighted by atomic mass is 79.9. The minimum Gasteiger partial charge on any atom is -0.398 e. The molecule has 1 rings (SSSR count). The van der Waals surface area contributed by atoms with Gasteiger partial charge in [-0.1, -0.05) is 0 Å². The number of non-ortho nitro benzene ring substituents is 1. The Balaban J connectivity index is 3.31. The van der Waals surface area contributed by atoms with Gasteiger partial charge in [0.15, 0.2) is 0 Å². The van der Waals surface area contributed by atoms with Gasteiger partial charge in [-0.3, -0.25) is 10.1 Å². The summed E-state index contributed by atoms with van der Waals surface area (Å²) in [7, 11) is 0. The predicted octanol–water partition coefficient (Wildman–Crippen LogP) is 2.25. The van der Waals surface area contributed by atoms with Crippen molar-refractivity contribution in [2.24, 2.45) is 0 Å². The largest absolute Gasteiger partial charge is 0.398 e. The average Bonchev–Trinajstić information content (AvgIpc) is 1.99. The second-order valence-corrected chi connectivity index (χ2v) is 3.27. The number of nitro groups is 1. The van der Waals surface area contributed by atoms with Crippen LogP contribution in [-0.4, -0.2) is 4.92 Å². The van der Waals surface area contributed by atoms with E-state index in [0.29, 0.717) is 15.7 Å². The van der Waals surface area contributed by atoms with Crippen LogP contribution < -0.4 is 5.73 Å². The van der Waals surface area contributed by atoms with Gasteiger partial charge in [-0.2, -0.15) is 0 Å². The van der Waals surface area contributed by atoms with Gasteiger partial charge in [0.05, 0.1) is 4.92 Å². The molecule has 0 bridgehead atoms. The quantitative estimate of drug-likeness (QED) is 0.457. The summed E-state index contributed by atoms with van der Waals surface area (Å²) >= 11 is 3.14. The maximum atomic E-state index is 10.4. The lowest BCUT2D eigenvalue weighted by molar-refractivity contribution is -0.385. The summed E-state index contributed by atoms with van der Waals surface area (Å²) in [6.45, 7) is 1.73. The second-order valence-electron chi connectivity index (χ2n) is 2.42. The van der Waals surface area contributed by atoms with E-state index < -0.39 is 4.92 Å². The molecule has 0 unspecified atom stereocenters. The molecule has 1 aromatic rings. The molecule has 0 amide bonds. The predicted molar refractivity (Wildman–Crippen MR) is 49.9 cm³/mol. The van der Waals surface area contributed by atoms with Gasteiger partial charge in [-0.25, -0.2) is 0 Å². The number of rotatable bonds is 1. The lowest BCUT2D eigenvalue weighted by Crippen LogP contribution is -1.94. The van der Waals surface area contributed by atoms with Crippen molar-refractivity contribution in [3.05, 3.63) is 32.3 Å². The summed E-state index contributed by atoms with van der Waals surface area (Å²) in [5, 5.41) is 10.4. The fourth-order valence-corrected chi connectivity index (χ4v) is 1.39. The Hall–Kier alpha value is -1.10. The van der Waals surface area contributed by atoms with E-state index >= 15 is 0 Å². The standard InChI is InChI=1S/C7H7BrN2O2/c1-4-2-5(10(11)12)3-6(8)7(4)9/h2-3H,9H2,1H3. The fourth-order valence-electron chi connectivity index (χ4n) is 0.843. The maximum absolute atomic E-state index is 10.4. The SMILES string of the molecule is Cc1cc([N+](=O)[O-])cc(Br)c1N. The third kappa shape index (κ3) is 1.55. The number of nitrogen functional groups attached to an aromatic ring is 1. The smallest absolute Gasteiger partial charge is 0.270 e. The van der Waals surface area contributed by atoms with Gasteiger partial charge in [-0.15, -0.1) is 0 Å². The molecule has 2 N–H and O–H groups in total. The molecular weight excluding hydrogens is 224 g/mol. The van der Waals surface area contributed by atoms with E-state index in [2.05, 4.69) is 15.9 Å². The van der Waals surface area contributed by atoms with Crippen LogP contribution in [0.4, 0.5) is 11.4 Å². The fraction of sp³-hybridized carbons (Fsp3) is 0.143. The molecule has 0 aromatic heterocycles. The second kappa shape index (κ2) is 3.10. The van der Waals surface area contributed by atoms with Crippen LogP contribution in [0, 0.1) is 17.0 Å². The molecule has 0 heterocycles. The molecule has 0 aliphatic rings. The van der Waals surface area contributed by atoms with Gasteiger partial charge in [0.25, 0.3) is 5.69 Å². The number of halogens is 1. The molecule has 4 nitrogen and oxygen atoms in total. The van der Waals surface area contributed by atoms with E-state index in [1.54, 1.807) is 6.92 Å². The van der Waals surface area contributed by atoms with Gasteiger partial charge in [0.1, 0.15) is 0 Å². The van der Waals surface area contributed by atoms with Crippen molar-refractivity contribution >= 4 is 27.3 Å². The molecule has 5 heteroatoms. The minimum absolute atomic E-state index is 0.0496. The third-order valence-corrected chi connectivity index (χ3v) is 2.19. The minimum atomic E-state index is -0.447. The third-order valence-electron chi connectivity index (χ3n) is 1.53. The molecule has 0 atom stereocenters. The molecule has 0 aliphatic heterocycles. The topological polar surface area (TPSA) is 69.2 Å². The number of hydrogen-bond donors (Lipinski definition) is 1. The normalized spacial score (nSPS) is 9.83. The molecule has 0 spiro atoms. The summed E-state index contributed by atoms with van der Waals surface area (Å²) in [5.74, 6) is 0. The maximum Gasteiger partial charge on any atom is 0.270 e.